The minimum Gasteiger partial charge on any atom is -0.507 e. The molecule has 2 aromatic rings. The Labute approximate surface area is 117 Å². The second-order valence-corrected chi connectivity index (χ2v) is 4.67. The van der Waals surface area contributed by atoms with Gasteiger partial charge in [0.05, 0.1) is 0 Å². The molecule has 20 heavy (non-hydrogen) atoms. The number of nitrogens with one attached hydrogen (secondary N) is 1. The third-order valence-corrected chi connectivity index (χ3v) is 3.22. The summed E-state index contributed by atoms with van der Waals surface area (Å²) in [5.74, 6) is -2.08. The smallest absolute Gasteiger partial charge is 0.264 e. The van der Waals surface area contributed by atoms with E-state index in [0.29, 0.717) is 5.69 Å². The number of benzene rings is 1. The van der Waals surface area contributed by atoms with Gasteiger partial charge in [0.15, 0.2) is 5.13 Å². The molecule has 8 heteroatoms. The van der Waals surface area contributed by atoms with Crippen LogP contribution in [0, 0.1) is 5.82 Å². The van der Waals surface area contributed by atoms with Crippen LogP contribution in [0.1, 0.15) is 23.0 Å². The molecule has 0 saturated heterocycles. The monoisotopic (exact) mass is 295 g/mol. The number of aromatic hydroxyl groups is 1. The first-order valence-electron chi connectivity index (χ1n) is 5.46. The molecule has 6 nitrogen and oxygen atoms in total. The maximum absolute atomic E-state index is 13.5. The van der Waals surface area contributed by atoms with Crippen molar-refractivity contribution in [2.45, 2.75) is 6.92 Å². The van der Waals surface area contributed by atoms with Crippen molar-refractivity contribution < 1.29 is 19.5 Å². The van der Waals surface area contributed by atoms with Gasteiger partial charge in [-0.3, -0.25) is 10.1 Å². The van der Waals surface area contributed by atoms with Gasteiger partial charge in [-0.1, -0.05) is 11.2 Å². The molecule has 0 saturated carbocycles. The van der Waals surface area contributed by atoms with E-state index in [0.717, 1.165) is 17.4 Å². The van der Waals surface area contributed by atoms with E-state index in [1.54, 1.807) is 12.3 Å². The Balaban J connectivity index is 2.22. The molecule has 0 bridgehead atoms. The van der Waals surface area contributed by atoms with Gasteiger partial charge >= 0.3 is 0 Å². The molecule has 0 atom stereocenters. The van der Waals surface area contributed by atoms with Crippen LogP contribution in [0.4, 0.5) is 9.52 Å². The first-order chi connectivity index (χ1) is 9.52. The zero-order valence-electron chi connectivity index (χ0n) is 10.3. The number of anilines is 1. The molecular weight excluding hydrogens is 285 g/mol. The van der Waals surface area contributed by atoms with Gasteiger partial charge in [-0.25, -0.2) is 9.37 Å². The second-order valence-electron chi connectivity index (χ2n) is 3.81. The van der Waals surface area contributed by atoms with Crippen molar-refractivity contribution in [3.05, 3.63) is 40.7 Å². The van der Waals surface area contributed by atoms with Gasteiger partial charge < -0.3 is 10.3 Å². The third kappa shape index (κ3) is 2.75. The van der Waals surface area contributed by atoms with Gasteiger partial charge in [0.25, 0.3) is 5.91 Å². The molecule has 0 spiro atoms. The van der Waals surface area contributed by atoms with Crippen molar-refractivity contribution in [3.8, 4) is 5.75 Å². The maximum Gasteiger partial charge on any atom is 0.264 e. The molecule has 0 aliphatic heterocycles. The Morgan fingerprint density at radius 1 is 1.50 bits per heavy atom. The molecule has 0 unspecified atom stereocenters. The normalized spacial score (nSPS) is 11.4. The average Bonchev–Trinajstić information content (AvgIpc) is 2.86. The van der Waals surface area contributed by atoms with E-state index < -0.39 is 23.0 Å². The van der Waals surface area contributed by atoms with E-state index in [1.807, 2.05) is 0 Å². The molecule has 0 radical (unpaired) electrons. The van der Waals surface area contributed by atoms with Crippen molar-refractivity contribution in [2.75, 3.05) is 5.32 Å². The van der Waals surface area contributed by atoms with Crippen LogP contribution >= 0.6 is 11.3 Å². The fourth-order valence-electron chi connectivity index (χ4n) is 1.45. The summed E-state index contributed by atoms with van der Waals surface area (Å²) in [6, 6.07) is 3.59. The van der Waals surface area contributed by atoms with E-state index >= 15 is 0 Å². The predicted octanol–water partition coefficient (Wildman–Crippen LogP) is 2.44. The highest BCUT2D eigenvalue weighted by atomic mass is 32.1. The number of carbonyl (C=O) groups is 1. The number of hydrogen-bond donors (Lipinski definition) is 3. The number of phenols is 1. The standard InChI is InChI=1S/C12H10FN3O3S/c1-6(16-19)8-5-20-12(14-8)15-11(18)10-7(13)3-2-4-9(10)17/h2-5,17,19H,1H3,(H,14,15,18)/b16-6-. The molecule has 1 amide bonds. The number of thiazole rings is 1. The largest absolute Gasteiger partial charge is 0.507 e. The van der Waals surface area contributed by atoms with Gasteiger partial charge in [-0.15, -0.1) is 11.3 Å². The van der Waals surface area contributed by atoms with E-state index in [9.17, 15) is 14.3 Å². The van der Waals surface area contributed by atoms with Crippen LogP contribution in [0.3, 0.4) is 0 Å². The molecule has 2 rings (SSSR count). The van der Waals surface area contributed by atoms with Crippen molar-refractivity contribution >= 4 is 28.1 Å². The van der Waals surface area contributed by atoms with Gasteiger partial charge in [-0.05, 0) is 19.1 Å². The van der Waals surface area contributed by atoms with Crippen LogP contribution in [-0.4, -0.2) is 26.9 Å². The number of phenolic OH excluding ortho intramolecular Hbond substituents is 1. The first-order valence-corrected chi connectivity index (χ1v) is 6.34. The summed E-state index contributed by atoms with van der Waals surface area (Å²) in [6.07, 6.45) is 0. The summed E-state index contributed by atoms with van der Waals surface area (Å²) in [5.41, 5.74) is 0.234. The lowest BCUT2D eigenvalue weighted by Crippen LogP contribution is -2.14. The maximum atomic E-state index is 13.5. The number of nitrogens with zero attached hydrogens (tertiary/aromatic N) is 2. The summed E-state index contributed by atoms with van der Waals surface area (Å²) in [7, 11) is 0. The Kier molecular flexibility index (Phi) is 3.94. The van der Waals surface area contributed by atoms with Crippen LogP contribution < -0.4 is 5.32 Å². The molecule has 0 aliphatic carbocycles. The number of aromatic nitrogens is 1. The first kappa shape index (κ1) is 13.9. The highest BCUT2D eigenvalue weighted by molar-refractivity contribution is 7.14. The zero-order valence-corrected chi connectivity index (χ0v) is 11.1. The Morgan fingerprint density at radius 3 is 2.90 bits per heavy atom. The number of hydrogen-bond acceptors (Lipinski definition) is 6. The second kappa shape index (κ2) is 5.66. The highest BCUT2D eigenvalue weighted by Crippen LogP contribution is 2.22. The van der Waals surface area contributed by atoms with Crippen molar-refractivity contribution in [3.63, 3.8) is 0 Å². The summed E-state index contributed by atoms with van der Waals surface area (Å²) in [6.45, 7) is 1.54. The molecular formula is C12H10FN3O3S. The van der Waals surface area contributed by atoms with E-state index in [4.69, 9.17) is 5.21 Å². The predicted molar refractivity (Wildman–Crippen MR) is 72.1 cm³/mol. The lowest BCUT2D eigenvalue weighted by atomic mass is 10.2. The van der Waals surface area contributed by atoms with Crippen LogP contribution in [0.5, 0.6) is 5.75 Å². The fourth-order valence-corrected chi connectivity index (χ4v) is 2.19. The van der Waals surface area contributed by atoms with Gasteiger partial charge in [0.1, 0.15) is 28.5 Å². The molecule has 3 N–H and O–H groups in total. The number of amides is 1. The molecule has 0 aliphatic rings. The topological polar surface area (TPSA) is 94.8 Å². The summed E-state index contributed by atoms with van der Waals surface area (Å²) >= 11 is 1.09. The van der Waals surface area contributed by atoms with Crippen LogP contribution in [0.25, 0.3) is 0 Å². The molecule has 1 aromatic carbocycles. The molecule has 1 aromatic heterocycles. The zero-order chi connectivity index (χ0) is 14.7. The quantitative estimate of drug-likeness (QED) is 0.460. The minimum atomic E-state index is -0.826. The third-order valence-electron chi connectivity index (χ3n) is 2.46. The summed E-state index contributed by atoms with van der Waals surface area (Å²) < 4.78 is 13.5. The Hall–Kier alpha value is -2.48. The van der Waals surface area contributed by atoms with Crippen molar-refractivity contribution in [2.24, 2.45) is 5.16 Å². The molecule has 0 fully saturated rings. The molecule has 104 valence electrons. The minimum absolute atomic E-state index is 0.204. The lowest BCUT2D eigenvalue weighted by Gasteiger charge is -2.05. The van der Waals surface area contributed by atoms with Gasteiger partial charge in [0.2, 0.25) is 0 Å². The summed E-state index contributed by atoms with van der Waals surface area (Å²) in [5, 5.41) is 25.3. The average molecular weight is 295 g/mol. The van der Waals surface area contributed by atoms with Gasteiger partial charge in [0, 0.05) is 5.38 Å². The van der Waals surface area contributed by atoms with E-state index in [2.05, 4.69) is 15.5 Å². The van der Waals surface area contributed by atoms with E-state index in [1.165, 1.54) is 12.1 Å². The lowest BCUT2D eigenvalue weighted by molar-refractivity contribution is 0.102. The number of oxime groups is 1. The van der Waals surface area contributed by atoms with Gasteiger partial charge in [-0.2, -0.15) is 0 Å². The fraction of sp³-hybridized carbons (Fsp3) is 0.0833. The number of rotatable bonds is 3. The van der Waals surface area contributed by atoms with Crippen molar-refractivity contribution in [1.29, 1.82) is 0 Å². The van der Waals surface area contributed by atoms with Crippen LogP contribution in [0.15, 0.2) is 28.7 Å². The molecule has 1 heterocycles. The SMILES string of the molecule is C/C(=N/O)c1csc(NC(=O)c2c(O)cccc2F)n1. The number of halogens is 1. The Bertz CT molecular complexity index is 664. The summed E-state index contributed by atoms with van der Waals surface area (Å²) in [4.78, 5) is 15.9. The van der Waals surface area contributed by atoms with Crippen LogP contribution in [-0.2, 0) is 0 Å². The van der Waals surface area contributed by atoms with Crippen molar-refractivity contribution in [1.82, 2.24) is 4.98 Å². The Morgan fingerprint density at radius 2 is 2.25 bits per heavy atom. The highest BCUT2D eigenvalue weighted by Gasteiger charge is 2.18. The van der Waals surface area contributed by atoms with E-state index in [-0.39, 0.29) is 10.8 Å². The number of carbonyl (C=O) groups excluding carboxylic acids is 1. The van der Waals surface area contributed by atoms with Crippen LogP contribution in [0.2, 0.25) is 0 Å².